The van der Waals surface area contributed by atoms with Gasteiger partial charge in [-0.15, -0.1) is 9.24 Å². The molecule has 2 heterocycles. The third-order valence-electron chi connectivity index (χ3n) is 3.64. The van der Waals surface area contributed by atoms with Crippen molar-refractivity contribution in [2.75, 3.05) is 6.54 Å². The molecule has 3 aromatic rings. The number of nitrogens with zero attached hydrogens (tertiary/aromatic N) is 4. The zero-order chi connectivity index (χ0) is 18.0. The molecule has 0 saturated carbocycles. The van der Waals surface area contributed by atoms with E-state index in [1.807, 2.05) is 31.2 Å². The van der Waals surface area contributed by atoms with Crippen molar-refractivity contribution in [3.05, 3.63) is 52.3 Å². The molecule has 0 bridgehead atoms. The number of hydrogen-bond acceptors (Lipinski definition) is 6. The Balaban J connectivity index is 1.84. The minimum absolute atomic E-state index is 0.0306. The Morgan fingerprint density at radius 3 is 2.80 bits per heavy atom. The molecule has 0 aliphatic rings. The van der Waals surface area contributed by atoms with Gasteiger partial charge in [0.2, 0.25) is 12.4 Å². The molecule has 3 rings (SSSR count). The van der Waals surface area contributed by atoms with Gasteiger partial charge in [-0.3, -0.25) is 14.8 Å². The number of nitro groups is 1. The van der Waals surface area contributed by atoms with Crippen molar-refractivity contribution in [2.24, 2.45) is 0 Å². The van der Waals surface area contributed by atoms with E-state index in [9.17, 15) is 15.2 Å². The summed E-state index contributed by atoms with van der Waals surface area (Å²) in [7, 11) is 2.61. The number of hydrogen-bond donors (Lipinski definition) is 1. The van der Waals surface area contributed by atoms with Crippen LogP contribution in [0.15, 0.2) is 36.5 Å². The molecule has 25 heavy (non-hydrogen) atoms. The Morgan fingerprint density at radius 2 is 2.12 bits per heavy atom. The van der Waals surface area contributed by atoms with Crippen molar-refractivity contribution in [1.29, 1.82) is 0 Å². The van der Waals surface area contributed by atoms with E-state index in [2.05, 4.69) is 19.3 Å². The Bertz CT molecular complexity index is 910. The molecule has 2 atom stereocenters. The lowest BCUT2D eigenvalue weighted by Gasteiger charge is -2.08. The van der Waals surface area contributed by atoms with Gasteiger partial charge in [0.15, 0.2) is 0 Å². The Hall–Kier alpha value is -2.57. The summed E-state index contributed by atoms with van der Waals surface area (Å²) in [5, 5.41) is 26.5. The van der Waals surface area contributed by atoms with Crippen LogP contribution >= 0.6 is 9.24 Å². The third kappa shape index (κ3) is 4.10. The van der Waals surface area contributed by atoms with E-state index in [-0.39, 0.29) is 6.54 Å². The molecular formula is C16H17N4O4P. The maximum atomic E-state index is 10.5. The SMILES string of the molecule is Cc1nn(CC(O)C[N+](=O)[O-])c2cnc(Oc3ccc(P)cc3)cc12. The Kier molecular flexibility index (Phi) is 4.92. The first-order chi connectivity index (χ1) is 11.9. The lowest BCUT2D eigenvalue weighted by molar-refractivity contribution is -0.490. The van der Waals surface area contributed by atoms with Crippen molar-refractivity contribution >= 4 is 25.4 Å². The lowest BCUT2D eigenvalue weighted by atomic mass is 10.2. The normalized spacial score (nSPS) is 12.3. The second-order valence-corrected chi connectivity index (χ2v) is 6.31. The van der Waals surface area contributed by atoms with Crippen molar-refractivity contribution in [3.8, 4) is 11.6 Å². The Morgan fingerprint density at radius 1 is 1.40 bits per heavy atom. The lowest BCUT2D eigenvalue weighted by Crippen LogP contribution is -2.25. The van der Waals surface area contributed by atoms with Crippen molar-refractivity contribution < 1.29 is 14.8 Å². The molecule has 0 aliphatic heterocycles. The van der Waals surface area contributed by atoms with Gasteiger partial charge in [0.1, 0.15) is 11.9 Å². The fourth-order valence-corrected chi connectivity index (χ4v) is 2.69. The first kappa shape index (κ1) is 17.3. The van der Waals surface area contributed by atoms with Gasteiger partial charge >= 0.3 is 0 Å². The Labute approximate surface area is 145 Å². The average Bonchev–Trinajstić information content (AvgIpc) is 2.84. The molecule has 0 radical (unpaired) electrons. The van der Waals surface area contributed by atoms with E-state index in [0.717, 1.165) is 16.4 Å². The summed E-state index contributed by atoms with van der Waals surface area (Å²) in [6, 6.07) is 9.29. The van der Waals surface area contributed by atoms with Crippen LogP contribution in [0.25, 0.3) is 10.9 Å². The smallest absolute Gasteiger partial charge is 0.231 e. The summed E-state index contributed by atoms with van der Waals surface area (Å²) < 4.78 is 7.27. The standard InChI is InChI=1S/C16H17N4O4P/c1-10-14-6-16(24-12-2-4-13(25)5-3-12)17-7-15(14)19(18-10)8-11(21)9-20(22)23/h2-7,11,21H,8-9,25H2,1H3. The van der Waals surface area contributed by atoms with Gasteiger partial charge in [-0.05, 0) is 24.4 Å². The number of ether oxygens (including phenoxy) is 1. The van der Waals surface area contributed by atoms with Crippen LogP contribution < -0.4 is 10.0 Å². The van der Waals surface area contributed by atoms with Gasteiger partial charge in [-0.2, -0.15) is 5.10 Å². The second-order valence-electron chi connectivity index (χ2n) is 5.65. The van der Waals surface area contributed by atoms with Crippen LogP contribution in [0, 0.1) is 17.0 Å². The number of rotatable bonds is 6. The van der Waals surface area contributed by atoms with E-state index in [0.29, 0.717) is 17.1 Å². The molecule has 0 saturated heterocycles. The fourth-order valence-electron chi connectivity index (χ4n) is 2.49. The van der Waals surface area contributed by atoms with Gasteiger partial charge in [0, 0.05) is 16.4 Å². The number of aromatic nitrogens is 3. The van der Waals surface area contributed by atoms with Crippen LogP contribution in [-0.2, 0) is 6.54 Å². The highest BCUT2D eigenvalue weighted by Gasteiger charge is 2.16. The van der Waals surface area contributed by atoms with Crippen molar-refractivity contribution in [1.82, 2.24) is 14.8 Å². The molecule has 8 nitrogen and oxygen atoms in total. The molecule has 9 heteroatoms. The van der Waals surface area contributed by atoms with Gasteiger partial charge in [0.25, 0.3) is 0 Å². The molecular weight excluding hydrogens is 343 g/mol. The van der Waals surface area contributed by atoms with Gasteiger partial charge in [-0.25, -0.2) is 4.98 Å². The maximum absolute atomic E-state index is 10.5. The minimum atomic E-state index is -1.11. The predicted molar refractivity (Wildman–Crippen MR) is 96.0 cm³/mol. The number of aliphatic hydroxyl groups excluding tert-OH is 1. The zero-order valence-corrected chi connectivity index (χ0v) is 14.6. The summed E-state index contributed by atoms with van der Waals surface area (Å²) in [4.78, 5) is 14.2. The molecule has 0 spiro atoms. The van der Waals surface area contributed by atoms with E-state index in [1.54, 1.807) is 12.3 Å². The van der Waals surface area contributed by atoms with Crippen LogP contribution in [0.3, 0.4) is 0 Å². The number of aliphatic hydroxyl groups is 1. The number of pyridine rings is 1. The third-order valence-corrected chi connectivity index (χ3v) is 4.03. The van der Waals surface area contributed by atoms with Crippen molar-refractivity contribution in [3.63, 3.8) is 0 Å². The molecule has 130 valence electrons. The number of benzene rings is 1. The van der Waals surface area contributed by atoms with Gasteiger partial charge in [0.05, 0.1) is 24.0 Å². The molecule has 0 amide bonds. The molecule has 1 N–H and O–H groups in total. The number of aryl methyl sites for hydroxylation is 1. The number of fused-ring (bicyclic) bond motifs is 1. The topological polar surface area (TPSA) is 103 Å². The summed E-state index contributed by atoms with van der Waals surface area (Å²) in [5.74, 6) is 1.10. The highest BCUT2D eigenvalue weighted by atomic mass is 31.0. The first-order valence-electron chi connectivity index (χ1n) is 7.59. The van der Waals surface area contributed by atoms with Crippen LogP contribution in [0.2, 0.25) is 0 Å². The molecule has 1 aromatic carbocycles. The van der Waals surface area contributed by atoms with E-state index >= 15 is 0 Å². The van der Waals surface area contributed by atoms with Crippen LogP contribution in [0.1, 0.15) is 5.69 Å². The quantitative estimate of drug-likeness (QED) is 0.407. The fraction of sp³-hybridized carbons (Fsp3) is 0.250. The van der Waals surface area contributed by atoms with E-state index in [4.69, 9.17) is 4.74 Å². The first-order valence-corrected chi connectivity index (χ1v) is 8.16. The maximum Gasteiger partial charge on any atom is 0.231 e. The van der Waals surface area contributed by atoms with E-state index in [1.165, 1.54) is 4.68 Å². The van der Waals surface area contributed by atoms with Crippen molar-refractivity contribution in [2.45, 2.75) is 19.6 Å². The van der Waals surface area contributed by atoms with Crippen LogP contribution in [0.4, 0.5) is 0 Å². The molecule has 0 fully saturated rings. The summed E-state index contributed by atoms with van der Waals surface area (Å²) in [5.41, 5.74) is 1.42. The summed E-state index contributed by atoms with van der Waals surface area (Å²) in [6.45, 7) is 1.33. The molecule has 2 unspecified atom stereocenters. The zero-order valence-electron chi connectivity index (χ0n) is 13.5. The van der Waals surface area contributed by atoms with Crippen LogP contribution in [0.5, 0.6) is 11.6 Å². The van der Waals surface area contributed by atoms with E-state index < -0.39 is 17.6 Å². The minimum Gasteiger partial charge on any atom is -0.439 e. The molecule has 0 aliphatic carbocycles. The average molecular weight is 360 g/mol. The highest BCUT2D eigenvalue weighted by Crippen LogP contribution is 2.25. The van der Waals surface area contributed by atoms with Gasteiger partial charge < -0.3 is 9.84 Å². The highest BCUT2D eigenvalue weighted by molar-refractivity contribution is 7.27. The summed E-state index contributed by atoms with van der Waals surface area (Å²) in [6.07, 6.45) is 0.479. The second kappa shape index (κ2) is 7.13. The predicted octanol–water partition coefficient (Wildman–Crippen LogP) is 1.67. The summed E-state index contributed by atoms with van der Waals surface area (Å²) >= 11 is 0. The largest absolute Gasteiger partial charge is 0.439 e. The molecule has 2 aromatic heterocycles. The van der Waals surface area contributed by atoms with Crippen LogP contribution in [-0.4, -0.2) is 37.4 Å². The van der Waals surface area contributed by atoms with Gasteiger partial charge in [-0.1, -0.05) is 12.1 Å². The monoisotopic (exact) mass is 360 g/mol.